The van der Waals surface area contributed by atoms with E-state index in [1.165, 1.54) is 12.4 Å². The van der Waals surface area contributed by atoms with E-state index in [1.54, 1.807) is 12.1 Å². The summed E-state index contributed by atoms with van der Waals surface area (Å²) in [5, 5.41) is 0.673. The third kappa shape index (κ3) is 4.18. The highest BCUT2D eigenvalue weighted by atomic mass is 32.2. The standard InChI is InChI=1S/C27H32FN5O3S/c28-23-2-1-20(35-15-27-5-3-19(36-27)4-6-27)13-21(23)22-14-33(26-24(22)25(29)30-16-31-26)18-11-17(12-18)32-7-9-37(34)10-8-32/h1-2,13-14,16-19H,3-12,15H2,(H2,29,30,31). The highest BCUT2D eigenvalue weighted by molar-refractivity contribution is 7.91. The first-order chi connectivity index (χ1) is 18.0. The molecule has 196 valence electrons. The van der Waals surface area contributed by atoms with Crippen molar-refractivity contribution in [1.29, 1.82) is 0 Å². The fraction of sp³-hybridized carbons (Fsp3) is 0.556. The summed E-state index contributed by atoms with van der Waals surface area (Å²) in [4.78, 5) is 11.2. The Hall–Kier alpha value is -2.40. The number of aromatic nitrogens is 3. The number of nitrogens with two attached hydrogens (primary N) is 1. The zero-order valence-electron chi connectivity index (χ0n) is 20.8. The third-order valence-corrected chi connectivity index (χ3v) is 10.1. The number of anilines is 1. The molecule has 4 fully saturated rings. The molecule has 2 bridgehead atoms. The maximum Gasteiger partial charge on any atom is 0.146 e. The normalized spacial score (nSPS) is 30.2. The van der Waals surface area contributed by atoms with Crippen LogP contribution in [0.1, 0.15) is 44.6 Å². The van der Waals surface area contributed by atoms with Crippen molar-refractivity contribution in [2.75, 3.05) is 36.9 Å². The lowest BCUT2D eigenvalue weighted by Crippen LogP contribution is -2.51. The lowest BCUT2D eigenvalue weighted by Gasteiger charge is -2.44. The molecule has 4 aliphatic rings. The molecule has 0 radical (unpaired) electrons. The quantitative estimate of drug-likeness (QED) is 0.490. The second kappa shape index (κ2) is 9.11. The van der Waals surface area contributed by atoms with Crippen molar-refractivity contribution >= 4 is 28.0 Å². The maximum atomic E-state index is 15.2. The smallest absolute Gasteiger partial charge is 0.146 e. The summed E-state index contributed by atoms with van der Waals surface area (Å²) in [7, 11) is 0. The third-order valence-electron chi connectivity index (χ3n) is 8.84. The van der Waals surface area contributed by atoms with E-state index < -0.39 is 11.2 Å². The van der Waals surface area contributed by atoms with Crippen molar-refractivity contribution in [2.45, 2.75) is 62.3 Å². The van der Waals surface area contributed by atoms with Crippen LogP contribution in [0.3, 0.4) is 0 Å². The molecule has 5 heterocycles. The summed E-state index contributed by atoms with van der Waals surface area (Å²) in [6, 6.07) is 5.62. The molecule has 0 atom stereocenters. The monoisotopic (exact) mass is 525 g/mol. The molecule has 10 heteroatoms. The van der Waals surface area contributed by atoms with Crippen LogP contribution in [0.25, 0.3) is 22.2 Å². The summed E-state index contributed by atoms with van der Waals surface area (Å²) in [6.45, 7) is 2.26. The fourth-order valence-electron chi connectivity index (χ4n) is 6.59. The van der Waals surface area contributed by atoms with Crippen LogP contribution in [0.4, 0.5) is 10.2 Å². The van der Waals surface area contributed by atoms with E-state index in [0.29, 0.717) is 46.8 Å². The minimum Gasteiger partial charge on any atom is -0.616 e. The molecule has 2 N–H and O–H groups in total. The first kappa shape index (κ1) is 23.7. The van der Waals surface area contributed by atoms with Crippen LogP contribution >= 0.6 is 0 Å². The first-order valence-electron chi connectivity index (χ1n) is 13.3. The average molecular weight is 526 g/mol. The topological polar surface area (TPSA) is 101 Å². The van der Waals surface area contributed by atoms with Gasteiger partial charge in [0.1, 0.15) is 53.1 Å². The Labute approximate surface area is 218 Å². The molecule has 0 spiro atoms. The summed E-state index contributed by atoms with van der Waals surface area (Å²) in [5.41, 5.74) is 7.97. The highest BCUT2D eigenvalue weighted by Crippen LogP contribution is 2.45. The minimum atomic E-state index is -0.678. The predicted octanol–water partition coefficient (Wildman–Crippen LogP) is 3.68. The SMILES string of the molecule is Nc1ncnc2c1c(-c1cc(OCC34CCC(CC3)O4)ccc1F)cn2C1CC(N2CC[S+]([O-])CC2)C1. The van der Waals surface area contributed by atoms with Crippen molar-refractivity contribution in [2.24, 2.45) is 0 Å². The summed E-state index contributed by atoms with van der Waals surface area (Å²) in [5.74, 6) is 2.14. The molecule has 7 rings (SSSR count). The van der Waals surface area contributed by atoms with Crippen LogP contribution in [0.5, 0.6) is 5.75 Å². The van der Waals surface area contributed by atoms with Crippen LogP contribution in [-0.2, 0) is 15.9 Å². The zero-order chi connectivity index (χ0) is 25.1. The van der Waals surface area contributed by atoms with Gasteiger partial charge in [0.05, 0.1) is 11.5 Å². The van der Waals surface area contributed by atoms with Gasteiger partial charge in [-0.3, -0.25) is 4.90 Å². The van der Waals surface area contributed by atoms with E-state index in [9.17, 15) is 4.55 Å². The molecule has 2 aromatic heterocycles. The van der Waals surface area contributed by atoms with Gasteiger partial charge >= 0.3 is 0 Å². The molecule has 3 saturated heterocycles. The molecule has 37 heavy (non-hydrogen) atoms. The van der Waals surface area contributed by atoms with E-state index in [4.69, 9.17) is 15.2 Å². The van der Waals surface area contributed by atoms with Gasteiger partial charge in [0.15, 0.2) is 0 Å². The van der Waals surface area contributed by atoms with Gasteiger partial charge in [-0.2, -0.15) is 0 Å². The Morgan fingerprint density at radius 1 is 1.14 bits per heavy atom. The van der Waals surface area contributed by atoms with Crippen molar-refractivity contribution in [3.05, 3.63) is 36.5 Å². The Balaban J connectivity index is 1.16. The van der Waals surface area contributed by atoms with Crippen LogP contribution in [0.15, 0.2) is 30.7 Å². The molecule has 1 aromatic carbocycles. The van der Waals surface area contributed by atoms with Gasteiger partial charge in [0, 0.05) is 42.5 Å². The second-order valence-electron chi connectivity index (χ2n) is 11.0. The number of rotatable bonds is 6. The van der Waals surface area contributed by atoms with E-state index in [0.717, 1.165) is 68.8 Å². The Bertz CT molecular complexity index is 1310. The molecular weight excluding hydrogens is 493 g/mol. The number of nitrogens with zero attached hydrogens (tertiary/aromatic N) is 4. The van der Waals surface area contributed by atoms with Crippen LogP contribution in [0.2, 0.25) is 0 Å². The Kier molecular flexibility index (Phi) is 5.84. The summed E-state index contributed by atoms with van der Waals surface area (Å²) >= 11 is -0.678. The molecule has 1 aliphatic carbocycles. The van der Waals surface area contributed by atoms with Gasteiger partial charge in [0.2, 0.25) is 0 Å². The number of ether oxygens (including phenoxy) is 2. The van der Waals surface area contributed by atoms with Crippen molar-refractivity contribution in [3.63, 3.8) is 0 Å². The first-order valence-corrected chi connectivity index (χ1v) is 14.8. The van der Waals surface area contributed by atoms with Crippen molar-refractivity contribution in [1.82, 2.24) is 19.4 Å². The van der Waals surface area contributed by atoms with Crippen LogP contribution in [-0.4, -0.2) is 72.9 Å². The minimum absolute atomic E-state index is 0.197. The molecule has 0 amide bonds. The molecule has 3 aliphatic heterocycles. The van der Waals surface area contributed by atoms with Gasteiger partial charge in [-0.05, 0) is 56.7 Å². The van der Waals surface area contributed by atoms with Crippen molar-refractivity contribution in [3.8, 4) is 16.9 Å². The largest absolute Gasteiger partial charge is 0.616 e. The Morgan fingerprint density at radius 3 is 2.65 bits per heavy atom. The summed E-state index contributed by atoms with van der Waals surface area (Å²) < 4.78 is 41.4. The van der Waals surface area contributed by atoms with Gasteiger partial charge in [0.25, 0.3) is 0 Å². The molecule has 1 saturated carbocycles. The number of hydrogen-bond acceptors (Lipinski definition) is 7. The number of fused-ring (bicyclic) bond motifs is 3. The number of halogens is 1. The number of hydrogen-bond donors (Lipinski definition) is 1. The van der Waals surface area contributed by atoms with Gasteiger partial charge in [-0.15, -0.1) is 0 Å². The molecule has 0 unspecified atom stereocenters. The second-order valence-corrected chi connectivity index (χ2v) is 12.7. The summed E-state index contributed by atoms with van der Waals surface area (Å²) in [6.07, 6.45) is 10.0. The van der Waals surface area contributed by atoms with Gasteiger partial charge < -0.3 is 24.3 Å². The van der Waals surface area contributed by atoms with E-state index in [-0.39, 0.29) is 17.5 Å². The van der Waals surface area contributed by atoms with E-state index in [2.05, 4.69) is 19.4 Å². The van der Waals surface area contributed by atoms with Gasteiger partial charge in [-0.25, -0.2) is 14.4 Å². The zero-order valence-corrected chi connectivity index (χ0v) is 21.6. The van der Waals surface area contributed by atoms with Crippen molar-refractivity contribution < 1.29 is 18.4 Å². The molecule has 3 aromatic rings. The lowest BCUT2D eigenvalue weighted by atomic mass is 9.85. The van der Waals surface area contributed by atoms with E-state index >= 15 is 4.39 Å². The lowest BCUT2D eigenvalue weighted by molar-refractivity contribution is -0.0198. The van der Waals surface area contributed by atoms with Crippen LogP contribution < -0.4 is 10.5 Å². The average Bonchev–Trinajstić information content (AvgIpc) is 3.58. The maximum absolute atomic E-state index is 15.2. The molecular formula is C27H32FN5O3S. The molecule has 8 nitrogen and oxygen atoms in total. The number of nitrogen functional groups attached to an aromatic ring is 1. The highest BCUT2D eigenvalue weighted by Gasteiger charge is 2.46. The van der Waals surface area contributed by atoms with Gasteiger partial charge in [-0.1, -0.05) is 11.2 Å². The fourth-order valence-corrected chi connectivity index (χ4v) is 7.67. The predicted molar refractivity (Wildman–Crippen MR) is 140 cm³/mol. The van der Waals surface area contributed by atoms with Crippen LogP contribution in [0, 0.1) is 5.82 Å². The Morgan fingerprint density at radius 2 is 1.92 bits per heavy atom. The number of benzene rings is 1. The van der Waals surface area contributed by atoms with E-state index in [1.807, 2.05) is 6.20 Å².